The van der Waals surface area contributed by atoms with Crippen molar-refractivity contribution >= 4 is 0 Å². The van der Waals surface area contributed by atoms with Gasteiger partial charge in [-0.25, -0.2) is 0 Å². The summed E-state index contributed by atoms with van der Waals surface area (Å²) in [5.41, 5.74) is 3.52. The van der Waals surface area contributed by atoms with Crippen molar-refractivity contribution in [2.75, 3.05) is 7.05 Å². The van der Waals surface area contributed by atoms with Gasteiger partial charge in [0.1, 0.15) is 5.60 Å². The van der Waals surface area contributed by atoms with Crippen LogP contribution in [0.4, 0.5) is 0 Å². The van der Waals surface area contributed by atoms with Crippen molar-refractivity contribution in [3.63, 3.8) is 0 Å². The summed E-state index contributed by atoms with van der Waals surface area (Å²) >= 11 is 0. The van der Waals surface area contributed by atoms with E-state index in [1.807, 2.05) is 20.9 Å². The smallest absolute Gasteiger partial charge is 0.201 e. The number of hydrazine groups is 1. The molecular formula is C8H14N2O. The number of hydrogen-bond donors (Lipinski definition) is 1. The molecule has 0 aromatic heterocycles. The van der Waals surface area contributed by atoms with Crippen LogP contribution in [0.15, 0.2) is 24.7 Å². The van der Waals surface area contributed by atoms with E-state index in [2.05, 4.69) is 18.6 Å². The van der Waals surface area contributed by atoms with Crippen molar-refractivity contribution in [3.05, 3.63) is 24.7 Å². The molecule has 1 N–H and O–H groups in total. The summed E-state index contributed by atoms with van der Waals surface area (Å²) in [4.78, 5) is 0. The standard InChI is InChI=1S/C8H14N2O/c1-6-8(3,4)11-7(2)10(5)9-6/h9H,1-2H2,3-5H3. The van der Waals surface area contributed by atoms with Crippen LogP contribution in [-0.4, -0.2) is 17.7 Å². The Labute approximate surface area is 67.3 Å². The summed E-state index contributed by atoms with van der Waals surface area (Å²) in [7, 11) is 1.84. The lowest BCUT2D eigenvalue weighted by atomic mass is 10.1. The van der Waals surface area contributed by atoms with Gasteiger partial charge >= 0.3 is 0 Å². The minimum atomic E-state index is -0.358. The summed E-state index contributed by atoms with van der Waals surface area (Å²) in [6.45, 7) is 11.4. The molecule has 0 aliphatic carbocycles. The minimum Gasteiger partial charge on any atom is -0.466 e. The van der Waals surface area contributed by atoms with Crippen molar-refractivity contribution in [3.8, 4) is 0 Å². The lowest BCUT2D eigenvalue weighted by molar-refractivity contribution is -0.0346. The Morgan fingerprint density at radius 2 is 2.00 bits per heavy atom. The summed E-state index contributed by atoms with van der Waals surface area (Å²) in [6, 6.07) is 0. The molecule has 1 saturated heterocycles. The third-order valence-electron chi connectivity index (χ3n) is 1.78. The average molecular weight is 154 g/mol. The molecule has 3 heteroatoms. The molecule has 11 heavy (non-hydrogen) atoms. The number of hydrogen-bond acceptors (Lipinski definition) is 3. The van der Waals surface area contributed by atoms with E-state index in [0.29, 0.717) is 5.88 Å². The maximum absolute atomic E-state index is 5.47. The molecule has 0 unspecified atom stereocenters. The van der Waals surface area contributed by atoms with E-state index in [-0.39, 0.29) is 5.60 Å². The van der Waals surface area contributed by atoms with Gasteiger partial charge in [-0.05, 0) is 20.4 Å². The second-order valence-electron chi connectivity index (χ2n) is 3.16. The van der Waals surface area contributed by atoms with Crippen LogP contribution in [-0.2, 0) is 4.74 Å². The fourth-order valence-corrected chi connectivity index (χ4v) is 0.824. The van der Waals surface area contributed by atoms with Crippen molar-refractivity contribution < 1.29 is 4.74 Å². The van der Waals surface area contributed by atoms with E-state index in [1.165, 1.54) is 0 Å². The van der Waals surface area contributed by atoms with Crippen LogP contribution in [0.5, 0.6) is 0 Å². The Morgan fingerprint density at radius 3 is 2.45 bits per heavy atom. The predicted octanol–water partition coefficient (Wildman–Crippen LogP) is 1.22. The van der Waals surface area contributed by atoms with Gasteiger partial charge in [0.2, 0.25) is 5.88 Å². The zero-order valence-electron chi connectivity index (χ0n) is 7.27. The maximum atomic E-state index is 5.47. The maximum Gasteiger partial charge on any atom is 0.201 e. The van der Waals surface area contributed by atoms with Crippen LogP contribution >= 0.6 is 0 Å². The molecule has 0 amide bonds. The first-order valence-electron chi connectivity index (χ1n) is 3.51. The minimum absolute atomic E-state index is 0.358. The van der Waals surface area contributed by atoms with Crippen molar-refractivity contribution in [1.82, 2.24) is 10.4 Å². The summed E-state index contributed by atoms with van der Waals surface area (Å²) in [6.07, 6.45) is 0. The third kappa shape index (κ3) is 1.31. The van der Waals surface area contributed by atoms with Crippen LogP contribution in [0.3, 0.4) is 0 Å². The second-order valence-corrected chi connectivity index (χ2v) is 3.16. The Bertz CT molecular complexity index is 208. The molecule has 1 aliphatic rings. The SMILES string of the molecule is C=C1OC(C)(C)C(=C)NN1C. The van der Waals surface area contributed by atoms with E-state index in [4.69, 9.17) is 4.74 Å². The van der Waals surface area contributed by atoms with E-state index >= 15 is 0 Å². The zero-order chi connectivity index (χ0) is 8.65. The number of rotatable bonds is 0. The Hall–Kier alpha value is -1.12. The molecule has 62 valence electrons. The van der Waals surface area contributed by atoms with Gasteiger partial charge in [0.25, 0.3) is 0 Å². The highest BCUT2D eigenvalue weighted by Crippen LogP contribution is 2.25. The fraction of sp³-hybridized carbons (Fsp3) is 0.500. The molecule has 0 saturated carbocycles. The van der Waals surface area contributed by atoms with Gasteiger partial charge in [0.15, 0.2) is 0 Å². The van der Waals surface area contributed by atoms with E-state index in [9.17, 15) is 0 Å². The highest BCUT2D eigenvalue weighted by atomic mass is 16.5. The van der Waals surface area contributed by atoms with Gasteiger partial charge < -0.3 is 4.74 Å². The van der Waals surface area contributed by atoms with Crippen molar-refractivity contribution in [2.45, 2.75) is 19.4 Å². The number of nitrogens with one attached hydrogen (secondary N) is 1. The Balaban J connectivity index is 2.79. The van der Waals surface area contributed by atoms with Crippen LogP contribution in [0, 0.1) is 0 Å². The van der Waals surface area contributed by atoms with E-state index in [0.717, 1.165) is 5.70 Å². The third-order valence-corrected chi connectivity index (χ3v) is 1.78. The highest BCUT2D eigenvalue weighted by Gasteiger charge is 2.30. The number of nitrogens with zero attached hydrogens (tertiary/aromatic N) is 1. The topological polar surface area (TPSA) is 24.5 Å². The lowest BCUT2D eigenvalue weighted by Gasteiger charge is -2.40. The molecule has 1 aliphatic heterocycles. The predicted molar refractivity (Wildman–Crippen MR) is 44.3 cm³/mol. The molecule has 1 fully saturated rings. The normalized spacial score (nSPS) is 22.6. The monoisotopic (exact) mass is 154 g/mol. The summed E-state index contributed by atoms with van der Waals surface area (Å²) < 4.78 is 5.47. The van der Waals surface area contributed by atoms with Gasteiger partial charge in [0.05, 0.1) is 5.70 Å². The molecule has 0 aromatic rings. The van der Waals surface area contributed by atoms with Gasteiger partial charge in [-0.1, -0.05) is 6.58 Å². The van der Waals surface area contributed by atoms with Crippen LogP contribution in [0.25, 0.3) is 0 Å². The molecular weight excluding hydrogens is 140 g/mol. The molecule has 0 radical (unpaired) electrons. The molecule has 3 nitrogen and oxygen atoms in total. The second kappa shape index (κ2) is 2.19. The van der Waals surface area contributed by atoms with Gasteiger partial charge in [-0.2, -0.15) is 0 Å². The molecule has 1 rings (SSSR count). The first kappa shape index (κ1) is 7.98. The molecule has 1 heterocycles. The lowest BCUT2D eigenvalue weighted by Crippen LogP contribution is -2.48. The summed E-state index contributed by atoms with van der Waals surface area (Å²) in [5, 5.41) is 1.70. The van der Waals surface area contributed by atoms with E-state index < -0.39 is 0 Å². The summed E-state index contributed by atoms with van der Waals surface area (Å²) in [5.74, 6) is 0.613. The van der Waals surface area contributed by atoms with Crippen molar-refractivity contribution in [1.29, 1.82) is 0 Å². The average Bonchev–Trinajstić information content (AvgIpc) is 1.83. The van der Waals surface area contributed by atoms with E-state index in [1.54, 1.807) is 5.01 Å². The molecule has 0 bridgehead atoms. The first-order valence-corrected chi connectivity index (χ1v) is 3.51. The molecule has 0 atom stereocenters. The Kier molecular flexibility index (Phi) is 1.59. The number of ether oxygens (including phenoxy) is 1. The van der Waals surface area contributed by atoms with Crippen LogP contribution < -0.4 is 5.43 Å². The van der Waals surface area contributed by atoms with Crippen LogP contribution in [0.2, 0.25) is 0 Å². The fourth-order valence-electron chi connectivity index (χ4n) is 0.824. The Morgan fingerprint density at radius 1 is 1.45 bits per heavy atom. The van der Waals surface area contributed by atoms with Gasteiger partial charge in [-0.15, -0.1) is 0 Å². The molecule has 0 aromatic carbocycles. The molecule has 0 spiro atoms. The quantitative estimate of drug-likeness (QED) is 0.567. The largest absolute Gasteiger partial charge is 0.466 e. The van der Waals surface area contributed by atoms with Gasteiger partial charge in [0, 0.05) is 7.05 Å². The highest BCUT2D eigenvalue weighted by molar-refractivity contribution is 5.12. The van der Waals surface area contributed by atoms with Crippen molar-refractivity contribution in [2.24, 2.45) is 0 Å². The van der Waals surface area contributed by atoms with Gasteiger partial charge in [-0.3, -0.25) is 10.4 Å². The zero-order valence-corrected chi connectivity index (χ0v) is 7.27. The first-order chi connectivity index (χ1) is 4.93. The van der Waals surface area contributed by atoms with Crippen LogP contribution in [0.1, 0.15) is 13.8 Å².